The van der Waals surface area contributed by atoms with Gasteiger partial charge in [-0.15, -0.1) is 0 Å². The minimum atomic E-state index is -0.862. The first-order valence-corrected chi connectivity index (χ1v) is 5.51. The second kappa shape index (κ2) is 4.45. The number of para-hydroxylation sites is 2. The molecule has 0 saturated carbocycles. The molecule has 0 aliphatic rings. The van der Waals surface area contributed by atoms with Gasteiger partial charge >= 0.3 is 5.97 Å². The van der Waals surface area contributed by atoms with Crippen LogP contribution in [0.5, 0.6) is 0 Å². The smallest absolute Gasteiger partial charge is 0.323 e. The van der Waals surface area contributed by atoms with Crippen molar-refractivity contribution in [1.29, 1.82) is 0 Å². The highest BCUT2D eigenvalue weighted by atomic mass is 16.4. The van der Waals surface area contributed by atoms with E-state index in [1.807, 2.05) is 43.1 Å². The number of fused-ring (bicyclic) bond motifs is 1. The van der Waals surface area contributed by atoms with Crippen molar-refractivity contribution in [1.82, 2.24) is 9.55 Å². The summed E-state index contributed by atoms with van der Waals surface area (Å²) in [7, 11) is 1.90. The van der Waals surface area contributed by atoms with E-state index in [9.17, 15) is 4.79 Å². The SMILES string of the molecule is CCN(C)c1nc2ccccc2n1CC(=O)O. The third-order valence-corrected chi connectivity index (χ3v) is 2.74. The van der Waals surface area contributed by atoms with Crippen LogP contribution in [-0.4, -0.2) is 34.2 Å². The van der Waals surface area contributed by atoms with Gasteiger partial charge in [-0.05, 0) is 19.1 Å². The van der Waals surface area contributed by atoms with Crippen molar-refractivity contribution in [3.63, 3.8) is 0 Å². The van der Waals surface area contributed by atoms with Crippen LogP contribution in [0.1, 0.15) is 6.92 Å². The van der Waals surface area contributed by atoms with Crippen molar-refractivity contribution in [3.8, 4) is 0 Å². The molecule has 5 heteroatoms. The summed E-state index contributed by atoms with van der Waals surface area (Å²) in [6.07, 6.45) is 0. The maximum absolute atomic E-state index is 10.9. The van der Waals surface area contributed by atoms with E-state index in [0.717, 1.165) is 17.6 Å². The Morgan fingerprint density at radius 1 is 1.47 bits per heavy atom. The largest absolute Gasteiger partial charge is 0.480 e. The zero-order valence-corrected chi connectivity index (χ0v) is 9.92. The van der Waals surface area contributed by atoms with E-state index >= 15 is 0 Å². The topological polar surface area (TPSA) is 58.4 Å². The first-order chi connectivity index (χ1) is 8.13. The number of imidazole rings is 1. The van der Waals surface area contributed by atoms with Gasteiger partial charge in [0.05, 0.1) is 11.0 Å². The molecule has 0 unspecified atom stereocenters. The highest BCUT2D eigenvalue weighted by Crippen LogP contribution is 2.21. The number of rotatable bonds is 4. The van der Waals surface area contributed by atoms with Crippen molar-refractivity contribution < 1.29 is 9.90 Å². The number of hydrogen-bond acceptors (Lipinski definition) is 3. The molecule has 1 N–H and O–H groups in total. The van der Waals surface area contributed by atoms with Gasteiger partial charge in [0.15, 0.2) is 0 Å². The molecule has 0 aliphatic heterocycles. The van der Waals surface area contributed by atoms with E-state index in [1.54, 1.807) is 4.57 Å². The number of aliphatic carboxylic acids is 1. The predicted molar refractivity (Wildman–Crippen MR) is 66.3 cm³/mol. The Morgan fingerprint density at radius 2 is 2.18 bits per heavy atom. The summed E-state index contributed by atoms with van der Waals surface area (Å²) in [6, 6.07) is 7.56. The van der Waals surface area contributed by atoms with Crippen molar-refractivity contribution in [2.24, 2.45) is 0 Å². The quantitative estimate of drug-likeness (QED) is 0.871. The van der Waals surface area contributed by atoms with E-state index in [1.165, 1.54) is 0 Å². The van der Waals surface area contributed by atoms with Crippen LogP contribution in [0, 0.1) is 0 Å². The Kier molecular flexibility index (Phi) is 2.99. The molecule has 0 fully saturated rings. The van der Waals surface area contributed by atoms with Gasteiger partial charge < -0.3 is 10.0 Å². The van der Waals surface area contributed by atoms with Gasteiger partial charge in [0.2, 0.25) is 5.95 Å². The molecule has 0 saturated heterocycles. The lowest BCUT2D eigenvalue weighted by Gasteiger charge is -2.16. The van der Waals surface area contributed by atoms with Crippen molar-refractivity contribution in [3.05, 3.63) is 24.3 Å². The van der Waals surface area contributed by atoms with Crippen molar-refractivity contribution >= 4 is 23.0 Å². The van der Waals surface area contributed by atoms with E-state index in [0.29, 0.717) is 5.95 Å². The number of benzene rings is 1. The Balaban J connectivity index is 2.60. The molecule has 90 valence electrons. The molecule has 2 rings (SSSR count). The molecule has 0 radical (unpaired) electrons. The number of carboxylic acid groups (broad SMARTS) is 1. The second-order valence-electron chi connectivity index (χ2n) is 3.89. The van der Waals surface area contributed by atoms with Gasteiger partial charge in [-0.3, -0.25) is 9.36 Å². The van der Waals surface area contributed by atoms with Crippen LogP contribution in [0.4, 0.5) is 5.95 Å². The van der Waals surface area contributed by atoms with E-state index in [4.69, 9.17) is 5.11 Å². The summed E-state index contributed by atoms with van der Waals surface area (Å²) in [5.74, 6) is -0.171. The molecule has 1 aromatic carbocycles. The Hall–Kier alpha value is -2.04. The Labute approximate surface area is 99.3 Å². The summed E-state index contributed by atoms with van der Waals surface area (Å²) in [6.45, 7) is 2.72. The fourth-order valence-corrected chi connectivity index (χ4v) is 1.79. The number of aromatic nitrogens is 2. The molecule has 0 amide bonds. The highest BCUT2D eigenvalue weighted by molar-refractivity contribution is 5.81. The summed E-state index contributed by atoms with van der Waals surface area (Å²) in [5.41, 5.74) is 1.68. The number of anilines is 1. The minimum absolute atomic E-state index is 0.0693. The molecule has 17 heavy (non-hydrogen) atoms. The fraction of sp³-hybridized carbons (Fsp3) is 0.333. The predicted octanol–water partition coefficient (Wildman–Crippen LogP) is 1.58. The monoisotopic (exact) mass is 233 g/mol. The number of nitrogens with zero attached hydrogens (tertiary/aromatic N) is 3. The lowest BCUT2D eigenvalue weighted by atomic mass is 10.3. The Morgan fingerprint density at radius 3 is 2.82 bits per heavy atom. The van der Waals surface area contributed by atoms with Crippen LogP contribution in [0.15, 0.2) is 24.3 Å². The highest BCUT2D eigenvalue weighted by Gasteiger charge is 2.14. The molecular weight excluding hydrogens is 218 g/mol. The normalized spacial score (nSPS) is 10.7. The average molecular weight is 233 g/mol. The number of carbonyl (C=O) groups is 1. The second-order valence-corrected chi connectivity index (χ2v) is 3.89. The molecule has 0 bridgehead atoms. The molecule has 1 heterocycles. The lowest BCUT2D eigenvalue weighted by molar-refractivity contribution is -0.137. The van der Waals surface area contributed by atoms with Crippen molar-refractivity contribution in [2.45, 2.75) is 13.5 Å². The lowest BCUT2D eigenvalue weighted by Crippen LogP contribution is -2.22. The van der Waals surface area contributed by atoms with Crippen LogP contribution in [0.3, 0.4) is 0 Å². The molecular formula is C12H15N3O2. The average Bonchev–Trinajstić information content (AvgIpc) is 2.67. The minimum Gasteiger partial charge on any atom is -0.480 e. The van der Waals surface area contributed by atoms with Gasteiger partial charge in [0.25, 0.3) is 0 Å². The fourth-order valence-electron chi connectivity index (χ4n) is 1.79. The van der Waals surface area contributed by atoms with Crippen LogP contribution < -0.4 is 4.90 Å². The summed E-state index contributed by atoms with van der Waals surface area (Å²) >= 11 is 0. The maximum atomic E-state index is 10.9. The number of hydrogen-bond donors (Lipinski definition) is 1. The van der Waals surface area contributed by atoms with E-state index in [-0.39, 0.29) is 6.54 Å². The number of carboxylic acids is 1. The standard InChI is InChI=1S/C12H15N3O2/c1-3-14(2)12-13-9-6-4-5-7-10(9)15(12)8-11(16)17/h4-7H,3,8H2,1-2H3,(H,16,17). The molecule has 0 spiro atoms. The summed E-state index contributed by atoms with van der Waals surface area (Å²) in [4.78, 5) is 17.3. The van der Waals surface area contributed by atoms with E-state index in [2.05, 4.69) is 4.98 Å². The van der Waals surface area contributed by atoms with Crippen LogP contribution >= 0.6 is 0 Å². The first kappa shape index (κ1) is 11.4. The molecule has 0 atom stereocenters. The zero-order valence-electron chi connectivity index (χ0n) is 9.92. The zero-order chi connectivity index (χ0) is 12.4. The van der Waals surface area contributed by atoms with Gasteiger partial charge in [-0.2, -0.15) is 0 Å². The van der Waals surface area contributed by atoms with Gasteiger partial charge in [0, 0.05) is 13.6 Å². The van der Waals surface area contributed by atoms with Gasteiger partial charge in [0.1, 0.15) is 6.54 Å². The van der Waals surface area contributed by atoms with Gasteiger partial charge in [-0.1, -0.05) is 12.1 Å². The Bertz CT molecular complexity index is 548. The van der Waals surface area contributed by atoms with Crippen LogP contribution in [-0.2, 0) is 11.3 Å². The molecule has 2 aromatic rings. The van der Waals surface area contributed by atoms with E-state index < -0.39 is 5.97 Å². The van der Waals surface area contributed by atoms with Crippen LogP contribution in [0.25, 0.3) is 11.0 Å². The molecule has 0 aliphatic carbocycles. The summed E-state index contributed by atoms with van der Waals surface area (Å²) < 4.78 is 1.72. The first-order valence-electron chi connectivity index (χ1n) is 5.51. The molecule has 5 nitrogen and oxygen atoms in total. The van der Waals surface area contributed by atoms with Crippen LogP contribution in [0.2, 0.25) is 0 Å². The van der Waals surface area contributed by atoms with Crippen molar-refractivity contribution in [2.75, 3.05) is 18.5 Å². The summed E-state index contributed by atoms with van der Waals surface area (Å²) in [5, 5.41) is 8.96. The maximum Gasteiger partial charge on any atom is 0.323 e. The molecule has 1 aromatic heterocycles. The van der Waals surface area contributed by atoms with Gasteiger partial charge in [-0.25, -0.2) is 4.98 Å². The third-order valence-electron chi connectivity index (χ3n) is 2.74. The third kappa shape index (κ3) is 2.08.